The molecule has 0 spiro atoms. The smallest absolute Gasteiger partial charge is 0.417 e. The van der Waals surface area contributed by atoms with E-state index in [4.69, 9.17) is 18.9 Å². The van der Waals surface area contributed by atoms with E-state index in [0.29, 0.717) is 50.5 Å². The van der Waals surface area contributed by atoms with Crippen molar-refractivity contribution in [2.75, 3.05) is 19.1 Å². The molecule has 3 unspecified atom stereocenters. The Hall–Kier alpha value is -5.18. The number of quaternary nitrogens is 1. The third kappa shape index (κ3) is 9.68. The number of hydroxylamine groups is 2. The van der Waals surface area contributed by atoms with E-state index < -0.39 is 69.8 Å². The number of hydrogen-bond acceptors (Lipinski definition) is 8. The van der Waals surface area contributed by atoms with Crippen LogP contribution < -0.4 is 28.5 Å². The van der Waals surface area contributed by atoms with E-state index in [1.54, 1.807) is 0 Å². The van der Waals surface area contributed by atoms with E-state index in [1.807, 2.05) is 4.90 Å². The number of methoxy groups -OCH3 is 2. The zero-order valence-electron chi connectivity index (χ0n) is 33.4. The van der Waals surface area contributed by atoms with Crippen molar-refractivity contribution in [3.8, 4) is 23.0 Å². The fourth-order valence-electron chi connectivity index (χ4n) is 9.09. The van der Waals surface area contributed by atoms with Gasteiger partial charge in [-0.3, -0.25) is 0 Å². The van der Waals surface area contributed by atoms with E-state index in [2.05, 4.69) is 9.97 Å². The van der Waals surface area contributed by atoms with E-state index >= 15 is 0 Å². The van der Waals surface area contributed by atoms with Gasteiger partial charge in [0.15, 0.2) is 23.0 Å². The maximum Gasteiger partial charge on any atom is 0.417 e. The summed E-state index contributed by atoms with van der Waals surface area (Å²) in [7, 11) is 2.52. The highest BCUT2D eigenvalue weighted by Gasteiger charge is 2.52. The van der Waals surface area contributed by atoms with E-state index in [-0.39, 0.29) is 47.0 Å². The summed E-state index contributed by atoms with van der Waals surface area (Å²) >= 11 is 0. The van der Waals surface area contributed by atoms with Gasteiger partial charge < -0.3 is 33.7 Å². The SMILES string of the molecule is COc1cc(C(F)(F)F)ccc1OC1C[C@H]2CC[C@@H](C1)N2c1ccc(C(F)(F)F)cn1.COc1cc(C(F)(F)F)ccc1OC1C[C@H]2CC[C@@H](C1)[N+]2([O-])c1ccc(C(F)(F)F)cn1. The van der Waals surface area contributed by atoms with Crippen LogP contribution in [0.3, 0.4) is 0 Å². The van der Waals surface area contributed by atoms with Gasteiger partial charge in [-0.1, -0.05) is 0 Å². The lowest BCUT2D eigenvalue weighted by molar-refractivity contribution is -0.138. The lowest BCUT2D eigenvalue weighted by Crippen LogP contribution is -2.59. The predicted octanol–water partition coefficient (Wildman–Crippen LogP) is 11.4. The number of fused-ring (bicyclic) bond motifs is 4. The van der Waals surface area contributed by atoms with Gasteiger partial charge in [0, 0.05) is 69.1 Å². The summed E-state index contributed by atoms with van der Waals surface area (Å²) in [4.78, 5) is 9.87. The zero-order chi connectivity index (χ0) is 45.7. The van der Waals surface area contributed by atoms with Crippen molar-refractivity contribution in [3.63, 3.8) is 0 Å². The standard InChI is InChI=1S/C21H20F6N2O3.C21H20F6N2O2/c1-31-18-8-12(20(22,23)24)2-6-17(18)32-16-9-14-4-5-15(10-16)29(14,30)19-7-3-13(11-28-19)21(25,26)27;1-30-18-8-12(20(22,23)24)2-6-17(18)31-16-9-14-4-5-15(10-16)29(14)19-7-3-13(11-28-19)21(25,26)27/h2-3,6-8,11,14-16H,4-5,9-10H2,1H3;2-3,6-8,11,14-16H,4-5,9-10H2,1H3/t14-,15+,16?,29?;14-,15+,16?. The first kappa shape index (κ1) is 45.8. The number of aromatic nitrogens is 2. The van der Waals surface area contributed by atoms with Crippen molar-refractivity contribution < 1.29 is 71.6 Å². The number of halogens is 12. The van der Waals surface area contributed by atoms with Crippen LogP contribution in [-0.4, -0.2) is 60.6 Å². The average molecular weight is 909 g/mol. The lowest BCUT2D eigenvalue weighted by Gasteiger charge is -2.51. The van der Waals surface area contributed by atoms with E-state index in [0.717, 1.165) is 61.5 Å². The zero-order valence-corrected chi connectivity index (χ0v) is 33.4. The van der Waals surface area contributed by atoms with Gasteiger partial charge in [-0.15, -0.1) is 0 Å². The average Bonchev–Trinajstić information content (AvgIpc) is 3.55. The van der Waals surface area contributed by atoms with Crippen molar-refractivity contribution in [1.82, 2.24) is 14.6 Å². The summed E-state index contributed by atoms with van der Waals surface area (Å²) in [6, 6.07) is 9.58. The molecule has 7 atom stereocenters. The van der Waals surface area contributed by atoms with Crippen LogP contribution >= 0.6 is 0 Å². The number of benzene rings is 2. The normalized spacial score (nSPS) is 25.9. The van der Waals surface area contributed by atoms with Gasteiger partial charge in [-0.05, 0) is 67.4 Å². The minimum atomic E-state index is -4.54. The van der Waals surface area contributed by atoms with Gasteiger partial charge >= 0.3 is 24.7 Å². The second kappa shape index (κ2) is 17.1. The highest BCUT2D eigenvalue weighted by molar-refractivity contribution is 5.48. The van der Waals surface area contributed by atoms with Crippen LogP contribution in [0.15, 0.2) is 73.1 Å². The van der Waals surface area contributed by atoms with Gasteiger partial charge in [-0.2, -0.15) is 52.7 Å². The highest BCUT2D eigenvalue weighted by atomic mass is 19.4. The molecule has 4 aliphatic rings. The van der Waals surface area contributed by atoms with Crippen molar-refractivity contribution in [3.05, 3.63) is 101 Å². The molecule has 0 aliphatic carbocycles. The van der Waals surface area contributed by atoms with Gasteiger partial charge in [0.05, 0.1) is 48.6 Å². The Kier molecular flexibility index (Phi) is 12.4. The first-order valence-corrected chi connectivity index (χ1v) is 19.8. The molecule has 2 aromatic carbocycles. The molecule has 0 amide bonds. The second-order valence-corrected chi connectivity index (χ2v) is 15.8. The summed E-state index contributed by atoms with van der Waals surface area (Å²) in [5.74, 6) is 0.839. The van der Waals surface area contributed by atoms with E-state index in [1.165, 1.54) is 32.4 Å². The van der Waals surface area contributed by atoms with Crippen molar-refractivity contribution in [1.29, 1.82) is 0 Å². The third-order valence-corrected chi connectivity index (χ3v) is 12.0. The predicted molar refractivity (Wildman–Crippen MR) is 203 cm³/mol. The maximum atomic E-state index is 13.7. The molecule has 4 bridgehead atoms. The van der Waals surface area contributed by atoms with Crippen LogP contribution in [0.5, 0.6) is 23.0 Å². The fourth-order valence-corrected chi connectivity index (χ4v) is 9.09. The first-order chi connectivity index (χ1) is 29.5. The molecule has 63 heavy (non-hydrogen) atoms. The number of nitrogens with zero attached hydrogens (tertiary/aromatic N) is 4. The number of rotatable bonds is 8. The first-order valence-electron chi connectivity index (χ1n) is 19.8. The molecule has 0 radical (unpaired) electrons. The Labute approximate surface area is 352 Å². The monoisotopic (exact) mass is 908 g/mol. The number of piperidine rings is 2. The number of hydrogen-bond donors (Lipinski definition) is 0. The molecule has 0 saturated carbocycles. The molecule has 342 valence electrons. The van der Waals surface area contributed by atoms with Gasteiger partial charge in [0.25, 0.3) is 0 Å². The Morgan fingerprint density at radius 1 is 0.524 bits per heavy atom. The number of alkyl halides is 12. The van der Waals surface area contributed by atoms with Crippen LogP contribution in [0.1, 0.15) is 73.6 Å². The maximum absolute atomic E-state index is 13.7. The number of anilines is 1. The number of pyridine rings is 2. The minimum absolute atomic E-state index is 0.00834. The molecule has 8 rings (SSSR count). The van der Waals surface area contributed by atoms with Gasteiger partial charge in [-0.25, -0.2) is 9.97 Å². The molecule has 9 nitrogen and oxygen atoms in total. The highest BCUT2D eigenvalue weighted by Crippen LogP contribution is 2.48. The molecule has 4 aromatic rings. The molecular formula is C42H40F12N4O5. The third-order valence-electron chi connectivity index (χ3n) is 12.0. The minimum Gasteiger partial charge on any atom is -0.626 e. The summed E-state index contributed by atoms with van der Waals surface area (Å²) in [5, 5.41) is 13.7. The van der Waals surface area contributed by atoms with Crippen LogP contribution in [-0.2, 0) is 24.7 Å². The topological polar surface area (TPSA) is 89.0 Å². The molecule has 0 N–H and O–H groups in total. The molecule has 4 aliphatic heterocycles. The Morgan fingerprint density at radius 2 is 0.937 bits per heavy atom. The Morgan fingerprint density at radius 3 is 1.32 bits per heavy atom. The Balaban J connectivity index is 0.000000189. The molecular weight excluding hydrogens is 868 g/mol. The Bertz CT molecular complexity index is 2190. The summed E-state index contributed by atoms with van der Waals surface area (Å²) in [6.07, 6.45) is -12.6. The van der Waals surface area contributed by atoms with Crippen LogP contribution in [0.2, 0.25) is 0 Å². The lowest BCUT2D eigenvalue weighted by atomic mass is 9.98. The largest absolute Gasteiger partial charge is 0.626 e. The quantitative estimate of drug-likeness (QED) is 0.0981. The van der Waals surface area contributed by atoms with Crippen LogP contribution in [0, 0.1) is 5.21 Å². The van der Waals surface area contributed by atoms with Crippen LogP contribution in [0.4, 0.5) is 64.3 Å². The van der Waals surface area contributed by atoms with E-state index in [9.17, 15) is 57.9 Å². The van der Waals surface area contributed by atoms with Crippen LogP contribution in [0.25, 0.3) is 0 Å². The molecule has 4 saturated heterocycles. The second-order valence-electron chi connectivity index (χ2n) is 15.8. The van der Waals surface area contributed by atoms with Crippen molar-refractivity contribution in [2.45, 2.75) is 112 Å². The van der Waals surface area contributed by atoms with Crippen molar-refractivity contribution >= 4 is 11.6 Å². The molecule has 21 heteroatoms. The van der Waals surface area contributed by atoms with Crippen molar-refractivity contribution in [2.24, 2.45) is 0 Å². The van der Waals surface area contributed by atoms with Gasteiger partial charge in [0.2, 0.25) is 5.82 Å². The molecule has 6 heterocycles. The fraction of sp³-hybridized carbons (Fsp3) is 0.476. The summed E-state index contributed by atoms with van der Waals surface area (Å²) in [5.41, 5.74) is -3.40. The molecule has 2 aromatic heterocycles. The summed E-state index contributed by atoms with van der Waals surface area (Å²) < 4.78 is 176. The van der Waals surface area contributed by atoms with Gasteiger partial charge in [0.1, 0.15) is 18.0 Å². The number of ether oxygens (including phenoxy) is 4. The summed E-state index contributed by atoms with van der Waals surface area (Å²) in [6.45, 7) is 0. The molecule has 4 fully saturated rings.